The van der Waals surface area contributed by atoms with Crippen molar-refractivity contribution in [3.8, 4) is 5.75 Å². The molecule has 0 fully saturated rings. The molecule has 0 aromatic heterocycles. The molecule has 0 bridgehead atoms. The fraction of sp³-hybridized carbons (Fsp3) is 0.0455. The molecule has 0 aliphatic carbocycles. The highest BCUT2D eigenvalue weighted by Gasteiger charge is 2.14. The van der Waals surface area contributed by atoms with Crippen molar-refractivity contribution in [3.05, 3.63) is 84.4 Å². The van der Waals surface area contributed by atoms with E-state index in [1.54, 1.807) is 13.3 Å². The van der Waals surface area contributed by atoms with Gasteiger partial charge in [0.25, 0.3) is 0 Å². The fourth-order valence-corrected chi connectivity index (χ4v) is 4.10. The standard InChI is InChI=1S/C22H17NO2S/c1-25-21-14-13-17-8-3-5-12-20(17)22(21)26(24)23-15-18-10-6-9-16-7-2-4-11-19(16)18/h2-15H,1H3/b23-15+/t26-/m0/s1. The van der Waals surface area contributed by atoms with E-state index in [2.05, 4.69) is 16.5 Å². The van der Waals surface area contributed by atoms with Crippen LogP contribution in [0.2, 0.25) is 0 Å². The first kappa shape index (κ1) is 16.5. The van der Waals surface area contributed by atoms with Crippen molar-refractivity contribution in [2.75, 3.05) is 7.11 Å². The van der Waals surface area contributed by atoms with Crippen LogP contribution in [0.15, 0.2) is 88.2 Å². The summed E-state index contributed by atoms with van der Waals surface area (Å²) >= 11 is 0. The molecule has 1 atom stereocenters. The summed E-state index contributed by atoms with van der Waals surface area (Å²) in [5, 5.41) is 4.11. The van der Waals surface area contributed by atoms with E-state index < -0.39 is 11.0 Å². The summed E-state index contributed by atoms with van der Waals surface area (Å²) in [6.45, 7) is 0. The molecule has 0 radical (unpaired) electrons. The Morgan fingerprint density at radius 2 is 1.46 bits per heavy atom. The molecule has 3 nitrogen and oxygen atoms in total. The summed E-state index contributed by atoms with van der Waals surface area (Å²) in [5.74, 6) is 0.581. The van der Waals surface area contributed by atoms with E-state index in [9.17, 15) is 4.21 Å². The molecule has 0 spiro atoms. The minimum atomic E-state index is -1.57. The lowest BCUT2D eigenvalue weighted by Crippen LogP contribution is -1.96. The maximum atomic E-state index is 13.0. The van der Waals surface area contributed by atoms with Crippen LogP contribution in [0.5, 0.6) is 5.75 Å². The Balaban J connectivity index is 1.79. The summed E-state index contributed by atoms with van der Waals surface area (Å²) in [4.78, 5) is 0.599. The molecule has 0 saturated carbocycles. The smallest absolute Gasteiger partial charge is 0.176 e. The zero-order valence-electron chi connectivity index (χ0n) is 14.3. The van der Waals surface area contributed by atoms with E-state index in [1.807, 2.05) is 66.7 Å². The van der Waals surface area contributed by atoms with E-state index in [1.165, 1.54) is 0 Å². The number of nitrogens with zero attached hydrogens (tertiary/aromatic N) is 1. The normalized spacial score (nSPS) is 12.7. The van der Waals surface area contributed by atoms with E-state index >= 15 is 0 Å². The predicted octanol–water partition coefficient (Wildman–Crippen LogP) is 5.14. The third-order valence-electron chi connectivity index (χ3n) is 4.35. The Bertz CT molecular complexity index is 1150. The van der Waals surface area contributed by atoms with Crippen molar-refractivity contribution < 1.29 is 8.95 Å². The van der Waals surface area contributed by atoms with Gasteiger partial charge >= 0.3 is 0 Å². The van der Waals surface area contributed by atoms with Gasteiger partial charge in [0.2, 0.25) is 0 Å². The van der Waals surface area contributed by atoms with E-state index in [0.717, 1.165) is 27.1 Å². The number of benzene rings is 4. The second-order valence-corrected chi connectivity index (χ2v) is 6.99. The van der Waals surface area contributed by atoms with Gasteiger partial charge in [-0.15, -0.1) is 0 Å². The van der Waals surface area contributed by atoms with E-state index in [0.29, 0.717) is 10.6 Å². The van der Waals surface area contributed by atoms with Gasteiger partial charge in [0.1, 0.15) is 10.6 Å². The van der Waals surface area contributed by atoms with Crippen LogP contribution in [-0.4, -0.2) is 17.5 Å². The highest BCUT2D eigenvalue weighted by molar-refractivity contribution is 7.84. The largest absolute Gasteiger partial charge is 0.495 e. The topological polar surface area (TPSA) is 38.7 Å². The zero-order valence-corrected chi connectivity index (χ0v) is 15.1. The Labute approximate surface area is 154 Å². The molecular weight excluding hydrogens is 342 g/mol. The molecule has 0 aliphatic heterocycles. The Hall–Kier alpha value is -2.98. The Kier molecular flexibility index (Phi) is 4.50. The van der Waals surface area contributed by atoms with Gasteiger partial charge in [-0.3, -0.25) is 0 Å². The quantitative estimate of drug-likeness (QED) is 0.473. The highest BCUT2D eigenvalue weighted by Crippen LogP contribution is 2.31. The molecule has 26 heavy (non-hydrogen) atoms. The monoisotopic (exact) mass is 359 g/mol. The van der Waals surface area contributed by atoms with E-state index in [-0.39, 0.29) is 0 Å². The molecule has 4 aromatic carbocycles. The summed E-state index contributed by atoms with van der Waals surface area (Å²) < 4.78 is 22.8. The number of ether oxygens (including phenoxy) is 1. The van der Waals surface area contributed by atoms with Crippen molar-refractivity contribution in [2.24, 2.45) is 4.40 Å². The van der Waals surface area contributed by atoms with Crippen molar-refractivity contribution in [2.45, 2.75) is 4.90 Å². The first-order valence-electron chi connectivity index (χ1n) is 8.27. The maximum Gasteiger partial charge on any atom is 0.176 e. The van der Waals surface area contributed by atoms with Crippen LogP contribution < -0.4 is 4.74 Å². The Morgan fingerprint density at radius 1 is 0.808 bits per heavy atom. The van der Waals surface area contributed by atoms with Crippen molar-refractivity contribution in [1.82, 2.24) is 0 Å². The lowest BCUT2D eigenvalue weighted by atomic mass is 10.1. The molecule has 128 valence electrons. The minimum Gasteiger partial charge on any atom is -0.495 e. The van der Waals surface area contributed by atoms with Gasteiger partial charge in [0.05, 0.1) is 7.11 Å². The van der Waals surface area contributed by atoms with Crippen LogP contribution >= 0.6 is 0 Å². The fourth-order valence-electron chi connectivity index (χ4n) is 3.08. The van der Waals surface area contributed by atoms with E-state index in [4.69, 9.17) is 4.74 Å². The molecule has 0 saturated heterocycles. The third-order valence-corrected chi connectivity index (χ3v) is 5.42. The summed E-state index contributed by atoms with van der Waals surface area (Å²) in [7, 11) is 0.0142. The van der Waals surface area contributed by atoms with Crippen LogP contribution in [0, 0.1) is 0 Å². The molecule has 4 heteroatoms. The average molecular weight is 359 g/mol. The molecule has 4 aromatic rings. The van der Waals surface area contributed by atoms with Crippen molar-refractivity contribution in [1.29, 1.82) is 0 Å². The molecular formula is C22H17NO2S. The number of hydrogen-bond donors (Lipinski definition) is 0. The third kappa shape index (κ3) is 3.00. The summed E-state index contributed by atoms with van der Waals surface area (Å²) in [5.41, 5.74) is 0.940. The molecule has 0 heterocycles. The molecule has 0 unspecified atom stereocenters. The SMILES string of the molecule is COc1ccc2ccccc2c1[S@](=O)/N=C/c1cccc2ccccc12. The molecule has 0 aliphatic rings. The van der Waals surface area contributed by atoms with Crippen molar-refractivity contribution in [3.63, 3.8) is 0 Å². The zero-order chi connectivity index (χ0) is 17.9. The van der Waals surface area contributed by atoms with Crippen molar-refractivity contribution >= 4 is 38.7 Å². The lowest BCUT2D eigenvalue weighted by molar-refractivity contribution is 0.405. The number of hydrogen-bond acceptors (Lipinski definition) is 2. The molecule has 0 amide bonds. The first-order chi connectivity index (χ1) is 12.8. The second kappa shape index (κ2) is 7.10. The van der Waals surface area contributed by atoms with Crippen LogP contribution in [0.3, 0.4) is 0 Å². The van der Waals surface area contributed by atoms with Crippen LogP contribution in [0.4, 0.5) is 0 Å². The Morgan fingerprint density at radius 3 is 2.23 bits per heavy atom. The van der Waals surface area contributed by atoms with Gasteiger partial charge in [-0.2, -0.15) is 4.40 Å². The molecule has 4 rings (SSSR count). The predicted molar refractivity (Wildman–Crippen MR) is 108 cm³/mol. The van der Waals surface area contributed by atoms with Gasteiger partial charge < -0.3 is 4.74 Å². The average Bonchev–Trinajstić information content (AvgIpc) is 2.71. The summed E-state index contributed by atoms with van der Waals surface area (Å²) in [6.07, 6.45) is 1.68. The van der Waals surface area contributed by atoms with Crippen LogP contribution in [-0.2, 0) is 11.0 Å². The van der Waals surface area contributed by atoms with Gasteiger partial charge in [0, 0.05) is 17.2 Å². The maximum absolute atomic E-state index is 13.0. The van der Waals surface area contributed by atoms with Gasteiger partial charge in [-0.25, -0.2) is 4.21 Å². The van der Waals surface area contributed by atoms with Gasteiger partial charge in [0.15, 0.2) is 11.0 Å². The highest BCUT2D eigenvalue weighted by atomic mass is 32.2. The first-order valence-corrected chi connectivity index (χ1v) is 9.38. The summed E-state index contributed by atoms with van der Waals surface area (Å²) in [6, 6.07) is 25.7. The number of fused-ring (bicyclic) bond motifs is 2. The number of methoxy groups -OCH3 is 1. The van der Waals surface area contributed by atoms with Gasteiger partial charge in [-0.1, -0.05) is 72.8 Å². The van der Waals surface area contributed by atoms with Crippen LogP contribution in [0.25, 0.3) is 21.5 Å². The minimum absolute atomic E-state index is 0.581. The second-order valence-electron chi connectivity index (χ2n) is 5.87. The molecule has 0 N–H and O–H groups in total. The lowest BCUT2D eigenvalue weighted by Gasteiger charge is -2.09. The van der Waals surface area contributed by atoms with Gasteiger partial charge in [-0.05, 0) is 22.2 Å². The number of rotatable bonds is 4. The van der Waals surface area contributed by atoms with Crippen LogP contribution in [0.1, 0.15) is 5.56 Å².